The average molecular weight is 449 g/mol. The second-order valence-corrected chi connectivity index (χ2v) is 24.6. The third kappa shape index (κ3) is 5.65. The molecule has 4 bridgehead atoms. The number of fused-ring (bicyclic) bond motifs is 4. The molecule has 0 radical (unpaired) electrons. The van der Waals surface area contributed by atoms with Crippen LogP contribution in [0.3, 0.4) is 0 Å². The van der Waals surface area contributed by atoms with Crippen molar-refractivity contribution in [3.63, 3.8) is 0 Å². The summed E-state index contributed by atoms with van der Waals surface area (Å²) in [7, 11) is -5.42. The molecule has 0 saturated heterocycles. The van der Waals surface area contributed by atoms with Gasteiger partial charge in [-0.3, -0.25) is 0 Å². The van der Waals surface area contributed by atoms with Crippen LogP contribution in [0, 0.1) is 11.8 Å². The zero-order chi connectivity index (χ0) is 20.9. The van der Waals surface area contributed by atoms with E-state index in [1.54, 1.807) is 11.1 Å². The Labute approximate surface area is 183 Å². The minimum absolute atomic E-state index is 0.998. The van der Waals surface area contributed by atoms with E-state index in [2.05, 4.69) is 39.3 Å². The van der Waals surface area contributed by atoms with Gasteiger partial charge in [-0.15, -0.1) is 0 Å². The van der Waals surface area contributed by atoms with E-state index in [9.17, 15) is 0 Å². The molecule has 0 aromatic rings. The fourth-order valence-corrected chi connectivity index (χ4v) is 20.6. The van der Waals surface area contributed by atoms with Crippen molar-refractivity contribution >= 4 is 25.2 Å². The molecule has 2 unspecified atom stereocenters. The van der Waals surface area contributed by atoms with Gasteiger partial charge in [0.05, 0.1) is 0 Å². The number of hydrogen-bond acceptors (Lipinski definition) is 2. The quantitative estimate of drug-likeness (QED) is 0.249. The number of allylic oxidation sites excluding steroid dienone is 4. The van der Waals surface area contributed by atoms with E-state index in [-0.39, 0.29) is 0 Å². The fraction of sp³-hybridized carbons (Fsp3) is 0.833. The van der Waals surface area contributed by atoms with Gasteiger partial charge in [-0.1, -0.05) is 22.3 Å². The van der Waals surface area contributed by atoms with Crippen molar-refractivity contribution in [1.29, 1.82) is 0 Å². The average Bonchev–Trinajstić information content (AvgIpc) is 3.36. The van der Waals surface area contributed by atoms with Crippen LogP contribution < -0.4 is 0 Å². The molecule has 2 nitrogen and oxygen atoms in total. The zero-order valence-electron chi connectivity index (χ0n) is 20.0. The summed E-state index contributed by atoms with van der Waals surface area (Å²) in [6.07, 6.45) is 13.9. The molecule has 0 spiro atoms. The van der Waals surface area contributed by atoms with Crippen LogP contribution in [0.1, 0.15) is 64.2 Å². The molecule has 0 heterocycles. The van der Waals surface area contributed by atoms with E-state index in [4.69, 9.17) is 8.23 Å². The maximum Gasteiger partial charge on any atom is 0.311 e. The topological polar surface area (TPSA) is 18.5 Å². The Morgan fingerprint density at radius 3 is 1.38 bits per heavy atom. The largest absolute Gasteiger partial charge is 0.436 e. The normalized spacial score (nSPS) is 27.1. The molecule has 4 aliphatic carbocycles. The van der Waals surface area contributed by atoms with Crippen LogP contribution in [0.4, 0.5) is 0 Å². The van der Waals surface area contributed by atoms with Crippen LogP contribution >= 0.6 is 0 Å². The van der Waals surface area contributed by atoms with Crippen LogP contribution in [-0.2, 0) is 8.23 Å². The highest BCUT2D eigenvalue weighted by atomic mass is 28.5. The van der Waals surface area contributed by atoms with Crippen LogP contribution in [-0.4, -0.2) is 25.2 Å². The first-order valence-corrected chi connectivity index (χ1v) is 21.3. The van der Waals surface area contributed by atoms with Gasteiger partial charge in [0.25, 0.3) is 0 Å². The second kappa shape index (κ2) is 8.19. The molecule has 0 aliphatic heterocycles. The molecule has 4 rings (SSSR count). The van der Waals surface area contributed by atoms with Crippen LogP contribution in [0.2, 0.25) is 51.4 Å². The van der Waals surface area contributed by atoms with Gasteiger partial charge >= 0.3 is 8.56 Å². The van der Waals surface area contributed by atoms with Crippen molar-refractivity contribution in [2.45, 2.75) is 116 Å². The van der Waals surface area contributed by atoms with E-state index in [1.807, 2.05) is 11.1 Å². The molecular weight excluding hydrogens is 405 g/mol. The van der Waals surface area contributed by atoms with E-state index >= 15 is 0 Å². The summed E-state index contributed by atoms with van der Waals surface area (Å²) in [5.74, 6) is 2.00. The molecular formula is C24H44O2Si3. The fourth-order valence-electron chi connectivity index (χ4n) is 6.75. The first-order chi connectivity index (χ1) is 13.5. The smallest absolute Gasteiger partial charge is 0.311 e. The van der Waals surface area contributed by atoms with Gasteiger partial charge in [-0.05, 0) is 127 Å². The van der Waals surface area contributed by atoms with Gasteiger partial charge in [-0.25, -0.2) is 0 Å². The number of rotatable bonds is 10. The lowest BCUT2D eigenvalue weighted by molar-refractivity contribution is 0.387. The predicted octanol–water partition coefficient (Wildman–Crippen LogP) is 7.91. The van der Waals surface area contributed by atoms with Crippen molar-refractivity contribution in [3.8, 4) is 0 Å². The molecule has 0 N–H and O–H groups in total. The molecule has 29 heavy (non-hydrogen) atoms. The van der Waals surface area contributed by atoms with Gasteiger partial charge in [-0.2, -0.15) is 0 Å². The van der Waals surface area contributed by atoms with Crippen molar-refractivity contribution in [2.24, 2.45) is 11.8 Å². The minimum atomic E-state index is -2.07. The summed E-state index contributed by atoms with van der Waals surface area (Å²) < 4.78 is 13.8. The molecule has 5 heteroatoms. The molecule has 2 saturated carbocycles. The van der Waals surface area contributed by atoms with Gasteiger partial charge in [0.1, 0.15) is 0 Å². The lowest BCUT2D eigenvalue weighted by atomic mass is 9.98. The van der Waals surface area contributed by atoms with Crippen molar-refractivity contribution in [1.82, 2.24) is 0 Å². The third-order valence-electron chi connectivity index (χ3n) is 7.95. The molecule has 164 valence electrons. The summed E-state index contributed by atoms with van der Waals surface area (Å²) in [4.78, 5) is 0. The third-order valence-corrected chi connectivity index (χ3v) is 19.2. The molecule has 0 amide bonds. The predicted molar refractivity (Wildman–Crippen MR) is 131 cm³/mol. The SMILES string of the molecule is C[Si](C)(CCC1=C2CCC(C2)C1)O[Si](C)(C)O[Si](C)(C)CCC1=C2CCC(C2)C1. The Hall–Kier alpha value is 0.0506. The Balaban J connectivity index is 1.26. The Kier molecular flexibility index (Phi) is 6.29. The number of hydrogen-bond donors (Lipinski definition) is 0. The van der Waals surface area contributed by atoms with E-state index in [0.29, 0.717) is 0 Å². The first kappa shape index (κ1) is 22.3. The van der Waals surface area contributed by atoms with E-state index in [0.717, 1.165) is 11.8 Å². The summed E-state index contributed by atoms with van der Waals surface area (Å²) >= 11 is 0. The highest BCUT2D eigenvalue weighted by Crippen LogP contribution is 2.47. The summed E-state index contributed by atoms with van der Waals surface area (Å²) in [6, 6.07) is 2.55. The van der Waals surface area contributed by atoms with Crippen LogP contribution in [0.25, 0.3) is 0 Å². The minimum Gasteiger partial charge on any atom is -0.436 e. The standard InChI is InChI=1S/C24H44O2Si3/c1-27(2,13-11-23-17-19-7-9-21(23)15-19)25-29(5,6)26-28(3,4)14-12-24-18-20-8-10-22(24)16-20/h19-20H,7-18H2,1-6H3. The zero-order valence-corrected chi connectivity index (χ0v) is 23.0. The lowest BCUT2D eigenvalue weighted by Gasteiger charge is -2.39. The first-order valence-electron chi connectivity index (χ1n) is 12.3. The van der Waals surface area contributed by atoms with Gasteiger partial charge in [0.15, 0.2) is 16.6 Å². The Bertz CT molecular complexity index is 647. The van der Waals surface area contributed by atoms with Crippen molar-refractivity contribution in [2.75, 3.05) is 0 Å². The monoisotopic (exact) mass is 448 g/mol. The highest BCUT2D eigenvalue weighted by molar-refractivity contribution is 6.87. The maximum atomic E-state index is 6.88. The molecule has 4 aliphatic rings. The van der Waals surface area contributed by atoms with Gasteiger partial charge in [0, 0.05) is 0 Å². The summed E-state index contributed by atoms with van der Waals surface area (Å²) in [5.41, 5.74) is 7.25. The summed E-state index contributed by atoms with van der Waals surface area (Å²) in [5, 5.41) is 0. The van der Waals surface area contributed by atoms with Crippen LogP contribution in [0.5, 0.6) is 0 Å². The lowest BCUT2D eigenvalue weighted by Crippen LogP contribution is -2.52. The molecule has 0 aromatic heterocycles. The Morgan fingerprint density at radius 1 is 0.655 bits per heavy atom. The Morgan fingerprint density at radius 2 is 1.07 bits per heavy atom. The second-order valence-electron chi connectivity index (χ2n) is 12.2. The molecule has 2 fully saturated rings. The highest BCUT2D eigenvalue weighted by Gasteiger charge is 2.40. The summed E-state index contributed by atoms with van der Waals surface area (Å²) in [6.45, 7) is 14.4. The van der Waals surface area contributed by atoms with Gasteiger partial charge in [0.2, 0.25) is 0 Å². The van der Waals surface area contributed by atoms with Crippen molar-refractivity contribution < 1.29 is 8.23 Å². The van der Waals surface area contributed by atoms with E-state index in [1.165, 1.54) is 76.3 Å². The molecule has 2 atom stereocenters. The van der Waals surface area contributed by atoms with Gasteiger partial charge < -0.3 is 8.23 Å². The van der Waals surface area contributed by atoms with Crippen molar-refractivity contribution in [3.05, 3.63) is 22.3 Å². The molecule has 0 aromatic carbocycles. The van der Waals surface area contributed by atoms with Crippen LogP contribution in [0.15, 0.2) is 22.3 Å². The maximum absolute atomic E-state index is 6.88. The van der Waals surface area contributed by atoms with E-state index < -0.39 is 25.2 Å².